The third kappa shape index (κ3) is 6.02. The van der Waals surface area contributed by atoms with E-state index in [1.54, 1.807) is 0 Å². The van der Waals surface area contributed by atoms with Crippen molar-refractivity contribution in [3.05, 3.63) is 0 Å². The van der Waals surface area contributed by atoms with Gasteiger partial charge in [-0.25, -0.2) is 0 Å². The minimum absolute atomic E-state index is 0.339. The molecule has 2 N–H and O–H groups in total. The summed E-state index contributed by atoms with van der Waals surface area (Å²) >= 11 is 0. The molecule has 0 aromatic rings. The maximum Gasteiger partial charge on any atom is -0.00233 e. The van der Waals surface area contributed by atoms with Crippen LogP contribution >= 0.6 is 9.24 Å². The lowest BCUT2D eigenvalue weighted by atomic mass is 9.69. The van der Waals surface area contributed by atoms with Crippen molar-refractivity contribution in [2.75, 3.05) is 12.7 Å². The van der Waals surface area contributed by atoms with E-state index in [0.717, 1.165) is 36.1 Å². The molecule has 0 saturated carbocycles. The van der Waals surface area contributed by atoms with Crippen molar-refractivity contribution in [2.24, 2.45) is 40.7 Å². The number of hydrogen-bond acceptors (Lipinski definition) is 1. The molecule has 0 aliphatic heterocycles. The van der Waals surface area contributed by atoms with Gasteiger partial charge in [-0.3, -0.25) is 0 Å². The molecule has 122 valence electrons. The lowest BCUT2D eigenvalue weighted by Gasteiger charge is -2.38. The van der Waals surface area contributed by atoms with Gasteiger partial charge < -0.3 is 5.73 Å². The fourth-order valence-electron chi connectivity index (χ4n) is 3.57. The molecule has 0 aliphatic rings. The van der Waals surface area contributed by atoms with E-state index in [-0.39, 0.29) is 0 Å². The molecule has 6 atom stereocenters. The maximum atomic E-state index is 5.97. The summed E-state index contributed by atoms with van der Waals surface area (Å²) in [5, 5.41) is 0. The molecule has 0 fully saturated rings. The maximum absolute atomic E-state index is 5.97. The van der Waals surface area contributed by atoms with Gasteiger partial charge in [-0.05, 0) is 67.0 Å². The second-order valence-electron chi connectivity index (χ2n) is 7.78. The van der Waals surface area contributed by atoms with Crippen LogP contribution in [0, 0.1) is 35.0 Å². The van der Waals surface area contributed by atoms with Gasteiger partial charge in [-0.15, -0.1) is 9.24 Å². The molecule has 0 amide bonds. The predicted molar refractivity (Wildman–Crippen MR) is 97.1 cm³/mol. The number of hydrogen-bond donors (Lipinski definition) is 1. The van der Waals surface area contributed by atoms with Crippen molar-refractivity contribution in [2.45, 2.75) is 67.7 Å². The highest BCUT2D eigenvalue weighted by atomic mass is 31.0. The average molecular weight is 301 g/mol. The summed E-state index contributed by atoms with van der Waals surface area (Å²) in [5.41, 5.74) is 6.31. The monoisotopic (exact) mass is 301 g/mol. The Morgan fingerprint density at radius 3 is 1.95 bits per heavy atom. The number of nitrogens with two attached hydrogens (primary N) is 1. The second kappa shape index (κ2) is 9.42. The minimum Gasteiger partial charge on any atom is -0.330 e. The molecule has 20 heavy (non-hydrogen) atoms. The Labute approximate surface area is 131 Å². The fourth-order valence-corrected chi connectivity index (χ4v) is 4.00. The first-order valence-electron chi connectivity index (χ1n) is 8.62. The third-order valence-corrected chi connectivity index (χ3v) is 6.60. The Hall–Kier alpha value is 0.390. The molecule has 0 aliphatic carbocycles. The summed E-state index contributed by atoms with van der Waals surface area (Å²) in [6.07, 6.45) is 5.00. The van der Waals surface area contributed by atoms with Crippen LogP contribution in [0.25, 0.3) is 0 Å². The zero-order chi connectivity index (χ0) is 15.9. The fraction of sp³-hybridized carbons (Fsp3) is 1.00. The highest BCUT2D eigenvalue weighted by Crippen LogP contribution is 2.38. The summed E-state index contributed by atoms with van der Waals surface area (Å²) in [4.78, 5) is 0. The first-order chi connectivity index (χ1) is 9.22. The van der Waals surface area contributed by atoms with E-state index in [0.29, 0.717) is 5.41 Å². The first kappa shape index (κ1) is 20.4. The molecule has 0 spiro atoms. The molecule has 0 heterocycles. The normalized spacial score (nSPS) is 21.3. The minimum atomic E-state index is 0.339. The van der Waals surface area contributed by atoms with Gasteiger partial charge in [-0.1, -0.05) is 48.5 Å². The number of rotatable bonds is 10. The largest absolute Gasteiger partial charge is 0.330 e. The second-order valence-corrected chi connectivity index (χ2v) is 8.25. The summed E-state index contributed by atoms with van der Waals surface area (Å²) in [6, 6.07) is 0. The third-order valence-electron chi connectivity index (χ3n) is 5.85. The standard InChI is InChI=1S/C18H40NP/c1-8-18(7,12-19)10-9-14(4)17(13(2)3)16(6)15(5)11-20/h13-17H,8-12,19-20H2,1-7H3. The zero-order valence-corrected chi connectivity index (χ0v) is 16.2. The van der Waals surface area contributed by atoms with E-state index in [2.05, 4.69) is 57.7 Å². The quantitative estimate of drug-likeness (QED) is 0.552. The van der Waals surface area contributed by atoms with Crippen molar-refractivity contribution in [1.82, 2.24) is 0 Å². The van der Waals surface area contributed by atoms with Crippen molar-refractivity contribution >= 4 is 9.24 Å². The molecule has 0 aromatic heterocycles. The van der Waals surface area contributed by atoms with Crippen LogP contribution in [-0.4, -0.2) is 12.7 Å². The van der Waals surface area contributed by atoms with Crippen LogP contribution in [0.1, 0.15) is 67.7 Å². The van der Waals surface area contributed by atoms with Crippen molar-refractivity contribution in [1.29, 1.82) is 0 Å². The summed E-state index contributed by atoms with van der Waals surface area (Å²) in [7, 11) is 2.92. The Kier molecular flexibility index (Phi) is 9.60. The van der Waals surface area contributed by atoms with Gasteiger partial charge in [0.05, 0.1) is 0 Å². The van der Waals surface area contributed by atoms with E-state index >= 15 is 0 Å². The smallest absolute Gasteiger partial charge is 0.00233 e. The van der Waals surface area contributed by atoms with E-state index in [9.17, 15) is 0 Å². The highest BCUT2D eigenvalue weighted by Gasteiger charge is 2.31. The predicted octanol–water partition coefficient (Wildman–Crippen LogP) is 5.20. The van der Waals surface area contributed by atoms with Gasteiger partial charge in [0.25, 0.3) is 0 Å². The molecule has 0 bridgehead atoms. The van der Waals surface area contributed by atoms with Crippen molar-refractivity contribution in [3.63, 3.8) is 0 Å². The van der Waals surface area contributed by atoms with E-state index in [1.165, 1.54) is 25.4 Å². The molecular weight excluding hydrogens is 261 g/mol. The van der Waals surface area contributed by atoms with Crippen LogP contribution in [0.2, 0.25) is 0 Å². The molecule has 0 aromatic carbocycles. The van der Waals surface area contributed by atoms with Crippen molar-refractivity contribution < 1.29 is 0 Å². The molecule has 6 unspecified atom stereocenters. The van der Waals surface area contributed by atoms with Crippen LogP contribution in [0.3, 0.4) is 0 Å². The average Bonchev–Trinajstić information content (AvgIpc) is 2.43. The van der Waals surface area contributed by atoms with E-state index in [4.69, 9.17) is 5.73 Å². The van der Waals surface area contributed by atoms with Crippen LogP contribution in [0.4, 0.5) is 0 Å². The zero-order valence-electron chi connectivity index (χ0n) is 15.1. The van der Waals surface area contributed by atoms with Crippen molar-refractivity contribution in [3.8, 4) is 0 Å². The molecule has 0 radical (unpaired) electrons. The van der Waals surface area contributed by atoms with Crippen LogP contribution in [0.5, 0.6) is 0 Å². The molecule has 0 rings (SSSR count). The lowest BCUT2D eigenvalue weighted by Crippen LogP contribution is -2.32. The topological polar surface area (TPSA) is 26.0 Å². The van der Waals surface area contributed by atoms with E-state index in [1.807, 2.05) is 0 Å². The summed E-state index contributed by atoms with van der Waals surface area (Å²) in [6.45, 7) is 17.6. The Morgan fingerprint density at radius 1 is 1.05 bits per heavy atom. The molecular formula is C18H40NP. The van der Waals surface area contributed by atoms with Gasteiger partial charge >= 0.3 is 0 Å². The SMILES string of the molecule is CCC(C)(CN)CCC(C)C(C(C)C)C(C)C(C)CP. The van der Waals surface area contributed by atoms with Crippen LogP contribution in [-0.2, 0) is 0 Å². The van der Waals surface area contributed by atoms with Gasteiger partial charge in [0, 0.05) is 0 Å². The van der Waals surface area contributed by atoms with Gasteiger partial charge in [0.2, 0.25) is 0 Å². The summed E-state index contributed by atoms with van der Waals surface area (Å²) < 4.78 is 0. The van der Waals surface area contributed by atoms with Gasteiger partial charge in [0.1, 0.15) is 0 Å². The van der Waals surface area contributed by atoms with Crippen LogP contribution in [0.15, 0.2) is 0 Å². The highest BCUT2D eigenvalue weighted by molar-refractivity contribution is 7.16. The molecule has 0 saturated heterocycles. The summed E-state index contributed by atoms with van der Waals surface area (Å²) in [5.74, 6) is 3.98. The van der Waals surface area contributed by atoms with Gasteiger partial charge in [0.15, 0.2) is 0 Å². The Bertz CT molecular complexity index is 248. The lowest BCUT2D eigenvalue weighted by molar-refractivity contribution is 0.129. The first-order valence-corrected chi connectivity index (χ1v) is 9.44. The van der Waals surface area contributed by atoms with E-state index < -0.39 is 0 Å². The van der Waals surface area contributed by atoms with Gasteiger partial charge in [-0.2, -0.15) is 0 Å². The molecule has 1 nitrogen and oxygen atoms in total. The molecule has 2 heteroatoms. The van der Waals surface area contributed by atoms with Crippen LogP contribution < -0.4 is 5.73 Å². The Balaban J connectivity index is 4.70. The Morgan fingerprint density at radius 2 is 1.60 bits per heavy atom.